The van der Waals surface area contributed by atoms with Crippen molar-refractivity contribution in [1.82, 2.24) is 14.9 Å². The van der Waals surface area contributed by atoms with Gasteiger partial charge in [0.25, 0.3) is 0 Å². The van der Waals surface area contributed by atoms with Gasteiger partial charge in [0.1, 0.15) is 23.1 Å². The van der Waals surface area contributed by atoms with Crippen LogP contribution < -0.4 is 0 Å². The second-order valence-corrected chi connectivity index (χ2v) is 15.6. The number of hydrogen-bond donors (Lipinski definition) is 2. The number of aromatic nitrogens is 2. The number of carbonyl (C=O) groups excluding carboxylic acids is 1. The number of fused-ring (bicyclic) bond motifs is 2. The average Bonchev–Trinajstić information content (AvgIpc) is 3.14. The van der Waals surface area contributed by atoms with Crippen LogP contribution in [0.5, 0.6) is 0 Å². The number of aliphatic hydroxyl groups excluding tert-OH is 2. The molecule has 3 heterocycles. The predicted molar refractivity (Wildman–Crippen MR) is 191 cm³/mol. The smallest absolute Gasteiger partial charge is 0.433 e. The number of hydrogen-bond acceptors (Lipinski definition) is 6. The van der Waals surface area contributed by atoms with E-state index in [1.54, 1.807) is 20.8 Å². The third-order valence-corrected chi connectivity index (χ3v) is 10.2. The maximum absolute atomic E-state index is 13.5. The number of ether oxygens (including phenoxy) is 1. The van der Waals surface area contributed by atoms with Gasteiger partial charge in [-0.2, -0.15) is 52.7 Å². The van der Waals surface area contributed by atoms with Gasteiger partial charge >= 0.3 is 30.8 Å². The van der Waals surface area contributed by atoms with Gasteiger partial charge in [-0.05, 0) is 94.2 Å². The summed E-state index contributed by atoms with van der Waals surface area (Å²) < 4.78 is 166. The van der Waals surface area contributed by atoms with Crippen LogP contribution in [0.3, 0.4) is 0 Å². The van der Waals surface area contributed by atoms with Gasteiger partial charge in [0.15, 0.2) is 0 Å². The Labute approximate surface area is 330 Å². The first-order valence-corrected chi connectivity index (χ1v) is 18.7. The molecule has 59 heavy (non-hydrogen) atoms. The summed E-state index contributed by atoms with van der Waals surface area (Å²) in [7, 11) is 0. The predicted octanol–water partition coefficient (Wildman–Crippen LogP) is 12.0. The monoisotopic (exact) mass is 855 g/mol. The fraction of sp³-hybridized carbons (Fsp3) is 0.525. The first-order chi connectivity index (χ1) is 27.2. The topological polar surface area (TPSA) is 95.8 Å². The largest absolute Gasteiger partial charge is 0.444 e. The summed E-state index contributed by atoms with van der Waals surface area (Å²) in [5.74, 6) is -0.273. The lowest BCUT2D eigenvalue weighted by Gasteiger charge is -2.39. The van der Waals surface area contributed by atoms with Gasteiger partial charge in [-0.15, -0.1) is 0 Å². The van der Waals surface area contributed by atoms with E-state index in [0.717, 1.165) is 31.4 Å². The van der Waals surface area contributed by atoms with Crippen molar-refractivity contribution in [3.8, 4) is 0 Å². The molecule has 2 fully saturated rings. The van der Waals surface area contributed by atoms with E-state index >= 15 is 0 Å². The number of rotatable bonds is 4. The normalized spacial score (nSPS) is 18.7. The van der Waals surface area contributed by atoms with Gasteiger partial charge in [0, 0.05) is 17.3 Å². The summed E-state index contributed by atoms with van der Waals surface area (Å²) in [6.07, 6.45) is -18.1. The molecule has 1 aliphatic heterocycles. The van der Waals surface area contributed by atoms with Gasteiger partial charge in [-0.25, -0.2) is 14.8 Å². The van der Waals surface area contributed by atoms with Crippen LogP contribution in [0.2, 0.25) is 0 Å². The molecule has 3 unspecified atom stereocenters. The minimum Gasteiger partial charge on any atom is -0.444 e. The molecule has 0 bridgehead atoms. The van der Waals surface area contributed by atoms with Crippen molar-refractivity contribution in [3.63, 3.8) is 0 Å². The second kappa shape index (κ2) is 16.9. The van der Waals surface area contributed by atoms with Gasteiger partial charge in [0.2, 0.25) is 0 Å². The van der Waals surface area contributed by atoms with Gasteiger partial charge in [0.05, 0.1) is 34.3 Å². The Morgan fingerprint density at radius 1 is 0.644 bits per heavy atom. The van der Waals surface area contributed by atoms with Gasteiger partial charge < -0.3 is 19.8 Å². The third-order valence-electron chi connectivity index (χ3n) is 10.2. The van der Waals surface area contributed by atoms with Crippen molar-refractivity contribution in [2.24, 2.45) is 5.92 Å². The van der Waals surface area contributed by atoms with Gasteiger partial charge in [-0.3, -0.25) is 0 Å². The minimum absolute atomic E-state index is 0.0918. The first-order valence-electron chi connectivity index (χ1n) is 18.7. The lowest BCUT2D eigenvalue weighted by molar-refractivity contribution is -0.142. The van der Waals surface area contributed by atoms with Crippen molar-refractivity contribution in [2.75, 3.05) is 6.54 Å². The highest BCUT2D eigenvalue weighted by molar-refractivity contribution is 5.87. The van der Waals surface area contributed by atoms with E-state index in [9.17, 15) is 67.7 Å². The zero-order valence-electron chi connectivity index (χ0n) is 31.9. The average molecular weight is 856 g/mol. The Bertz CT molecular complexity index is 2120. The number of amides is 1. The van der Waals surface area contributed by atoms with Crippen LogP contribution >= 0.6 is 0 Å². The summed E-state index contributed by atoms with van der Waals surface area (Å²) in [5, 5.41) is 21.4. The van der Waals surface area contributed by atoms with Crippen LogP contribution in [0.25, 0.3) is 21.8 Å². The molecule has 2 N–H and O–H groups in total. The number of aliphatic hydroxyl groups is 2. The van der Waals surface area contributed by atoms with E-state index < -0.39 is 88.2 Å². The number of benzene rings is 2. The van der Waals surface area contributed by atoms with Crippen molar-refractivity contribution < 1.29 is 72.4 Å². The fourth-order valence-corrected chi connectivity index (χ4v) is 7.53. The summed E-state index contributed by atoms with van der Waals surface area (Å²) in [6.45, 7) is 5.13. The Kier molecular flexibility index (Phi) is 13.1. The fourth-order valence-electron chi connectivity index (χ4n) is 7.53. The van der Waals surface area contributed by atoms with E-state index in [2.05, 4.69) is 9.97 Å². The van der Waals surface area contributed by atoms with Crippen molar-refractivity contribution in [1.29, 1.82) is 0 Å². The molecule has 4 aromatic rings. The number of halogens is 12. The Morgan fingerprint density at radius 3 is 1.51 bits per heavy atom. The van der Waals surface area contributed by atoms with E-state index in [1.807, 2.05) is 0 Å². The molecule has 2 aliphatic rings. The van der Waals surface area contributed by atoms with E-state index in [0.29, 0.717) is 49.9 Å². The van der Waals surface area contributed by atoms with Gasteiger partial charge in [-0.1, -0.05) is 43.5 Å². The zero-order valence-corrected chi connectivity index (χ0v) is 31.9. The number of likely N-dealkylation sites (tertiary alicyclic amines) is 1. The molecule has 19 heteroatoms. The third kappa shape index (κ3) is 10.7. The lowest BCUT2D eigenvalue weighted by Crippen LogP contribution is -2.48. The highest BCUT2D eigenvalue weighted by Crippen LogP contribution is 2.44. The quantitative estimate of drug-likeness (QED) is 0.199. The van der Waals surface area contributed by atoms with Crippen LogP contribution in [-0.2, 0) is 29.4 Å². The summed E-state index contributed by atoms with van der Waals surface area (Å²) in [4.78, 5) is 20.4. The van der Waals surface area contributed by atoms with Crippen LogP contribution in [-0.4, -0.2) is 49.4 Å². The van der Waals surface area contributed by atoms with Crippen LogP contribution in [0.15, 0.2) is 48.5 Å². The lowest BCUT2D eigenvalue weighted by atomic mass is 9.81. The number of piperidine rings is 1. The molecule has 0 spiro atoms. The molecular formula is C40H41F12N3O4. The van der Waals surface area contributed by atoms with Crippen molar-refractivity contribution >= 4 is 27.9 Å². The molecule has 2 aromatic carbocycles. The second-order valence-electron chi connectivity index (χ2n) is 15.6. The SMILES string of the molecule is CC(C)(C)OC(=O)N1CCCCC1C(O)c1cc(C(F)(F)F)nc2c(C(F)(F)F)cccc12.OC(c1cc(C(F)(F)F)nc2c(C(F)(F)F)cccc12)C1CCCCC1. The minimum atomic E-state index is -5.04. The maximum Gasteiger partial charge on any atom is 0.433 e. The first kappa shape index (κ1) is 45.7. The van der Waals surface area contributed by atoms with Crippen molar-refractivity contribution in [2.45, 2.75) is 121 Å². The zero-order chi connectivity index (χ0) is 43.9. The molecule has 6 rings (SSSR count). The number of pyridine rings is 2. The number of para-hydroxylation sites is 2. The molecule has 2 aromatic heterocycles. The van der Waals surface area contributed by atoms with Crippen LogP contribution in [0.1, 0.15) is 118 Å². The molecule has 1 aliphatic carbocycles. The molecule has 3 atom stereocenters. The maximum atomic E-state index is 13.5. The summed E-state index contributed by atoms with van der Waals surface area (Å²) in [6, 6.07) is 6.22. The van der Waals surface area contributed by atoms with E-state index in [-0.39, 0.29) is 40.8 Å². The molecule has 1 amide bonds. The summed E-state index contributed by atoms with van der Waals surface area (Å²) >= 11 is 0. The Morgan fingerprint density at radius 2 is 1.08 bits per heavy atom. The van der Waals surface area contributed by atoms with E-state index in [4.69, 9.17) is 4.74 Å². The van der Waals surface area contributed by atoms with Crippen LogP contribution in [0.4, 0.5) is 57.5 Å². The Hall–Kier alpha value is -4.39. The highest BCUT2D eigenvalue weighted by atomic mass is 19.4. The standard InChI is InChI=1S/C22H24F6N2O3.C18H17F6NO/c1-20(2,3)33-19(32)30-10-5-4-9-15(30)18(31)13-11-16(22(26,27)28)29-17-12(13)7-6-8-14(17)21(23,24)25;19-17(20,21)13-8-4-7-11-12(16(26)10-5-2-1-3-6-10)9-14(18(22,23)24)25-15(11)13/h6-8,11,15,18,31H,4-5,9-10H2,1-3H3;4,7-10,16,26H,1-3,5-6H2. The summed E-state index contributed by atoms with van der Waals surface area (Å²) in [5.41, 5.74) is -8.61. The Balaban J connectivity index is 0.000000230. The molecule has 7 nitrogen and oxygen atoms in total. The molecular weight excluding hydrogens is 814 g/mol. The van der Waals surface area contributed by atoms with Crippen LogP contribution in [0, 0.1) is 5.92 Å². The molecule has 1 saturated heterocycles. The molecule has 0 radical (unpaired) electrons. The molecule has 1 saturated carbocycles. The number of nitrogens with zero attached hydrogens (tertiary/aromatic N) is 3. The molecule has 324 valence electrons. The van der Waals surface area contributed by atoms with E-state index in [1.165, 1.54) is 17.0 Å². The van der Waals surface area contributed by atoms with Crippen molar-refractivity contribution in [3.05, 3.63) is 82.2 Å². The number of carbonyl (C=O) groups is 1. The highest BCUT2D eigenvalue weighted by Gasteiger charge is 2.42. The number of alkyl halides is 12.